The second-order valence-electron chi connectivity index (χ2n) is 4.59. The minimum atomic E-state index is 0.396. The summed E-state index contributed by atoms with van der Waals surface area (Å²) < 4.78 is 1.27. The van der Waals surface area contributed by atoms with E-state index in [9.17, 15) is 0 Å². The van der Waals surface area contributed by atoms with Crippen molar-refractivity contribution in [1.29, 1.82) is 0 Å². The summed E-state index contributed by atoms with van der Waals surface area (Å²) >= 11 is 8.45. The van der Waals surface area contributed by atoms with Crippen molar-refractivity contribution in [2.24, 2.45) is 0 Å². The van der Waals surface area contributed by atoms with Gasteiger partial charge in [-0.1, -0.05) is 42.0 Å². The molecule has 0 fully saturated rings. The number of aryl methyl sites for hydroxylation is 1. The number of rotatable bonds is 4. The van der Waals surface area contributed by atoms with Crippen LogP contribution in [0.25, 0.3) is 0 Å². The van der Waals surface area contributed by atoms with Gasteiger partial charge in [-0.2, -0.15) is 0 Å². The van der Waals surface area contributed by atoms with Crippen molar-refractivity contribution in [3.8, 4) is 0 Å². The Morgan fingerprint density at radius 2 is 1.61 bits per heavy atom. The van der Waals surface area contributed by atoms with Crippen LogP contribution in [0.5, 0.6) is 0 Å². The van der Waals surface area contributed by atoms with Crippen LogP contribution in [0.2, 0.25) is 0 Å². The first kappa shape index (κ1) is 13.9. The first-order valence-corrected chi connectivity index (χ1v) is 7.67. The Labute approximate surface area is 128 Å². The molecule has 0 N–H and O–H groups in total. The van der Waals surface area contributed by atoms with Gasteiger partial charge >= 0.3 is 0 Å². The van der Waals surface area contributed by atoms with Crippen LogP contribution < -0.4 is 0 Å². The average Bonchev–Trinajstić information content (AvgIpc) is 2.39. The third-order valence-electron chi connectivity index (χ3n) is 3.13. The Morgan fingerprint density at radius 3 is 2.17 bits per heavy atom. The molecule has 0 amide bonds. The molecular weight excluding hydrogens is 355 g/mol. The summed E-state index contributed by atoms with van der Waals surface area (Å²) in [6.45, 7) is 2.11. The Hall–Kier alpha value is -0.540. The van der Waals surface area contributed by atoms with Crippen LogP contribution in [0.15, 0.2) is 48.5 Å². The second kappa shape index (κ2) is 6.58. The molecule has 0 saturated heterocycles. The lowest BCUT2D eigenvalue weighted by atomic mass is 9.93. The Morgan fingerprint density at radius 1 is 1.00 bits per heavy atom. The molecule has 0 heterocycles. The van der Waals surface area contributed by atoms with Gasteiger partial charge in [0, 0.05) is 15.4 Å². The van der Waals surface area contributed by atoms with Gasteiger partial charge in [0.05, 0.1) is 0 Å². The van der Waals surface area contributed by atoms with E-state index in [2.05, 4.69) is 78.0 Å². The molecule has 0 bridgehead atoms. The highest BCUT2D eigenvalue weighted by Crippen LogP contribution is 2.23. The zero-order chi connectivity index (χ0) is 13.0. The van der Waals surface area contributed by atoms with Gasteiger partial charge in [-0.15, -0.1) is 11.6 Å². The van der Waals surface area contributed by atoms with Gasteiger partial charge in [0.15, 0.2) is 0 Å². The molecule has 0 saturated carbocycles. The van der Waals surface area contributed by atoms with E-state index < -0.39 is 0 Å². The molecule has 0 aliphatic carbocycles. The maximum atomic E-state index is 6.12. The summed E-state index contributed by atoms with van der Waals surface area (Å²) in [5, 5.41) is 0. The van der Waals surface area contributed by atoms with E-state index >= 15 is 0 Å². The molecular formula is C16H16ClI. The summed E-state index contributed by atoms with van der Waals surface area (Å²) in [6.07, 6.45) is 1.00. The molecule has 0 spiro atoms. The molecule has 2 aromatic rings. The fraction of sp³-hybridized carbons (Fsp3) is 0.250. The number of hydrogen-bond donors (Lipinski definition) is 0. The van der Waals surface area contributed by atoms with Gasteiger partial charge in [0.1, 0.15) is 0 Å². The largest absolute Gasteiger partial charge is 0.126 e. The van der Waals surface area contributed by atoms with Crippen molar-refractivity contribution in [3.05, 3.63) is 68.8 Å². The van der Waals surface area contributed by atoms with Gasteiger partial charge < -0.3 is 0 Å². The predicted molar refractivity (Wildman–Crippen MR) is 87.5 cm³/mol. The van der Waals surface area contributed by atoms with E-state index in [-0.39, 0.29) is 0 Å². The Bertz CT molecular complexity index is 488. The minimum Gasteiger partial charge on any atom is -0.126 e. The smallest absolute Gasteiger partial charge is 0.0295 e. The highest BCUT2D eigenvalue weighted by atomic mass is 127. The predicted octanol–water partition coefficient (Wildman–Crippen LogP) is 5.16. The van der Waals surface area contributed by atoms with Crippen LogP contribution >= 0.6 is 34.2 Å². The monoisotopic (exact) mass is 370 g/mol. The lowest BCUT2D eigenvalue weighted by Gasteiger charge is -2.15. The maximum absolute atomic E-state index is 6.12. The third kappa shape index (κ3) is 3.72. The molecule has 0 aliphatic rings. The first-order chi connectivity index (χ1) is 8.69. The highest BCUT2D eigenvalue weighted by molar-refractivity contribution is 14.1. The summed E-state index contributed by atoms with van der Waals surface area (Å²) in [5.74, 6) is 1.06. The first-order valence-electron chi connectivity index (χ1n) is 6.06. The van der Waals surface area contributed by atoms with Crippen molar-refractivity contribution >= 4 is 34.2 Å². The molecule has 0 nitrogen and oxygen atoms in total. The van der Waals surface area contributed by atoms with Crippen LogP contribution in [-0.2, 0) is 6.42 Å². The molecule has 18 heavy (non-hydrogen) atoms. The quantitative estimate of drug-likeness (QED) is 0.515. The number of alkyl halides is 1. The lowest BCUT2D eigenvalue weighted by Crippen LogP contribution is -2.04. The molecule has 1 unspecified atom stereocenters. The van der Waals surface area contributed by atoms with Crippen LogP contribution in [0.4, 0.5) is 0 Å². The zero-order valence-corrected chi connectivity index (χ0v) is 13.3. The fourth-order valence-corrected chi connectivity index (χ4v) is 2.65. The number of hydrogen-bond acceptors (Lipinski definition) is 0. The van der Waals surface area contributed by atoms with Crippen LogP contribution in [-0.4, -0.2) is 5.88 Å². The number of halogens is 2. The fourth-order valence-electron chi connectivity index (χ4n) is 2.01. The lowest BCUT2D eigenvalue weighted by molar-refractivity contribution is 0.766. The molecule has 0 aliphatic heterocycles. The maximum Gasteiger partial charge on any atom is 0.0295 e. The van der Waals surface area contributed by atoms with Gasteiger partial charge in [-0.3, -0.25) is 0 Å². The van der Waals surface area contributed by atoms with Crippen LogP contribution in [0.1, 0.15) is 22.6 Å². The minimum absolute atomic E-state index is 0.396. The van der Waals surface area contributed by atoms with E-state index in [1.807, 2.05) is 0 Å². The van der Waals surface area contributed by atoms with Crippen molar-refractivity contribution < 1.29 is 0 Å². The molecule has 2 heteroatoms. The highest BCUT2D eigenvalue weighted by Gasteiger charge is 2.11. The van der Waals surface area contributed by atoms with E-state index in [1.165, 1.54) is 20.3 Å². The van der Waals surface area contributed by atoms with Gasteiger partial charge in [0.2, 0.25) is 0 Å². The average molecular weight is 371 g/mol. The van der Waals surface area contributed by atoms with Gasteiger partial charge in [-0.25, -0.2) is 0 Å². The van der Waals surface area contributed by atoms with Gasteiger partial charge in [0.25, 0.3) is 0 Å². The Kier molecular flexibility index (Phi) is 5.07. The summed E-state index contributed by atoms with van der Waals surface area (Å²) in [6, 6.07) is 17.4. The third-order valence-corrected chi connectivity index (χ3v) is 4.22. The molecule has 2 rings (SSSR count). The topological polar surface area (TPSA) is 0 Å². The van der Waals surface area contributed by atoms with E-state index in [0.29, 0.717) is 11.8 Å². The summed E-state index contributed by atoms with van der Waals surface area (Å²) in [5.41, 5.74) is 3.97. The van der Waals surface area contributed by atoms with E-state index in [1.54, 1.807) is 0 Å². The van der Waals surface area contributed by atoms with Crippen molar-refractivity contribution in [2.45, 2.75) is 19.3 Å². The number of benzene rings is 2. The summed E-state index contributed by atoms with van der Waals surface area (Å²) in [7, 11) is 0. The van der Waals surface area contributed by atoms with Gasteiger partial charge in [-0.05, 0) is 59.2 Å². The molecule has 2 aromatic carbocycles. The van der Waals surface area contributed by atoms with Crippen LogP contribution in [0, 0.1) is 10.5 Å². The van der Waals surface area contributed by atoms with Crippen LogP contribution in [0.3, 0.4) is 0 Å². The SMILES string of the molecule is Cc1ccc(C(CCl)Cc2ccc(I)cc2)cc1. The van der Waals surface area contributed by atoms with Crippen molar-refractivity contribution in [1.82, 2.24) is 0 Å². The zero-order valence-electron chi connectivity index (χ0n) is 10.4. The normalized spacial score (nSPS) is 12.4. The molecule has 0 radical (unpaired) electrons. The Balaban J connectivity index is 2.14. The second-order valence-corrected chi connectivity index (χ2v) is 6.15. The van der Waals surface area contributed by atoms with E-state index in [4.69, 9.17) is 11.6 Å². The van der Waals surface area contributed by atoms with Crippen molar-refractivity contribution in [2.75, 3.05) is 5.88 Å². The molecule has 0 aromatic heterocycles. The summed E-state index contributed by atoms with van der Waals surface area (Å²) in [4.78, 5) is 0. The van der Waals surface area contributed by atoms with E-state index in [0.717, 1.165) is 6.42 Å². The molecule has 1 atom stereocenters. The van der Waals surface area contributed by atoms with Crippen molar-refractivity contribution in [3.63, 3.8) is 0 Å². The standard InChI is InChI=1S/C16H16ClI/c1-12-2-6-14(7-3-12)15(11-17)10-13-4-8-16(18)9-5-13/h2-9,15H,10-11H2,1H3. The molecule has 94 valence electrons.